The van der Waals surface area contributed by atoms with E-state index >= 15 is 0 Å². The van der Waals surface area contributed by atoms with Crippen LogP contribution in [-0.4, -0.2) is 0 Å². The second kappa shape index (κ2) is 3.22. The molecule has 86 valence electrons. The highest BCUT2D eigenvalue weighted by Crippen LogP contribution is 2.50. The summed E-state index contributed by atoms with van der Waals surface area (Å²) in [4.78, 5) is 0. The van der Waals surface area contributed by atoms with Crippen LogP contribution in [0.25, 0.3) is 11.1 Å². The van der Waals surface area contributed by atoms with Crippen molar-refractivity contribution in [2.24, 2.45) is 0 Å². The molecule has 0 amide bonds. The van der Waals surface area contributed by atoms with E-state index in [1.165, 1.54) is 33.4 Å². The Hall–Kier alpha value is -1.56. The predicted molar refractivity (Wildman–Crippen MR) is 73.5 cm³/mol. The van der Waals surface area contributed by atoms with Crippen LogP contribution >= 0.6 is 0 Å². The van der Waals surface area contributed by atoms with E-state index in [-0.39, 0.29) is 5.41 Å². The van der Waals surface area contributed by atoms with Crippen LogP contribution in [0.5, 0.6) is 0 Å². The van der Waals surface area contributed by atoms with Gasteiger partial charge in [0, 0.05) is 5.41 Å². The van der Waals surface area contributed by atoms with Crippen molar-refractivity contribution in [1.29, 1.82) is 0 Å². The molecule has 1 aliphatic carbocycles. The summed E-state index contributed by atoms with van der Waals surface area (Å²) in [6.45, 7) is 9.11. The molecular formula is C17H18. The molecule has 0 aromatic heterocycles. The Labute approximate surface area is 103 Å². The molecular weight excluding hydrogens is 204 g/mol. The minimum absolute atomic E-state index is 0.141. The molecule has 2 aromatic rings. The van der Waals surface area contributed by atoms with E-state index in [1.807, 2.05) is 0 Å². The van der Waals surface area contributed by atoms with Gasteiger partial charge >= 0.3 is 0 Å². The van der Waals surface area contributed by atoms with E-state index in [2.05, 4.69) is 64.1 Å². The van der Waals surface area contributed by atoms with E-state index in [9.17, 15) is 0 Å². The molecule has 0 unspecified atom stereocenters. The molecule has 0 spiro atoms. The van der Waals surface area contributed by atoms with Gasteiger partial charge in [-0.1, -0.05) is 50.2 Å². The minimum atomic E-state index is 0.141. The number of fused-ring (bicyclic) bond motifs is 3. The summed E-state index contributed by atoms with van der Waals surface area (Å²) in [6.07, 6.45) is 0. The molecule has 2 aromatic carbocycles. The molecule has 0 saturated carbocycles. The molecule has 0 N–H and O–H groups in total. The maximum absolute atomic E-state index is 2.34. The average molecular weight is 222 g/mol. The van der Waals surface area contributed by atoms with Crippen molar-refractivity contribution in [1.82, 2.24) is 0 Å². The largest absolute Gasteiger partial charge is 0.0617 e. The fourth-order valence-electron chi connectivity index (χ4n) is 3.39. The van der Waals surface area contributed by atoms with Crippen molar-refractivity contribution in [3.8, 4) is 11.1 Å². The Morgan fingerprint density at radius 2 is 1.47 bits per heavy atom. The molecule has 0 heterocycles. The van der Waals surface area contributed by atoms with Crippen molar-refractivity contribution < 1.29 is 0 Å². The first-order valence-corrected chi connectivity index (χ1v) is 6.24. The van der Waals surface area contributed by atoms with E-state index in [0.29, 0.717) is 0 Å². The van der Waals surface area contributed by atoms with Gasteiger partial charge in [-0.05, 0) is 47.2 Å². The van der Waals surface area contributed by atoms with Gasteiger partial charge in [0.05, 0.1) is 0 Å². The average Bonchev–Trinajstić information content (AvgIpc) is 2.50. The molecule has 17 heavy (non-hydrogen) atoms. The van der Waals surface area contributed by atoms with Crippen molar-refractivity contribution in [3.05, 3.63) is 58.7 Å². The Balaban J connectivity index is 2.48. The molecule has 0 atom stereocenters. The Morgan fingerprint density at radius 3 is 2.24 bits per heavy atom. The zero-order chi connectivity index (χ0) is 12.2. The van der Waals surface area contributed by atoms with Gasteiger partial charge in [-0.15, -0.1) is 0 Å². The van der Waals surface area contributed by atoms with Gasteiger partial charge in [0.25, 0.3) is 0 Å². The van der Waals surface area contributed by atoms with E-state index in [0.717, 1.165) is 0 Å². The van der Waals surface area contributed by atoms with Crippen LogP contribution in [0.15, 0.2) is 36.4 Å². The lowest BCUT2D eigenvalue weighted by atomic mass is 9.80. The molecule has 0 saturated heterocycles. The van der Waals surface area contributed by atoms with Crippen molar-refractivity contribution in [3.63, 3.8) is 0 Å². The van der Waals surface area contributed by atoms with Gasteiger partial charge in [-0.2, -0.15) is 0 Å². The van der Waals surface area contributed by atoms with Gasteiger partial charge in [0.2, 0.25) is 0 Å². The van der Waals surface area contributed by atoms with E-state index in [1.54, 1.807) is 0 Å². The first-order valence-electron chi connectivity index (χ1n) is 6.24. The Bertz CT molecular complexity index is 603. The first-order chi connectivity index (χ1) is 8.03. The van der Waals surface area contributed by atoms with Crippen molar-refractivity contribution in [2.45, 2.75) is 33.1 Å². The molecule has 0 fully saturated rings. The highest BCUT2D eigenvalue weighted by atomic mass is 14.4. The van der Waals surface area contributed by atoms with Gasteiger partial charge in [0.1, 0.15) is 0 Å². The third kappa shape index (κ3) is 1.24. The highest BCUT2D eigenvalue weighted by Gasteiger charge is 2.36. The van der Waals surface area contributed by atoms with Crippen molar-refractivity contribution in [2.75, 3.05) is 0 Å². The molecule has 0 nitrogen and oxygen atoms in total. The fourth-order valence-corrected chi connectivity index (χ4v) is 3.39. The maximum atomic E-state index is 2.34. The molecule has 0 radical (unpaired) electrons. The summed E-state index contributed by atoms with van der Waals surface area (Å²) in [5.74, 6) is 0. The summed E-state index contributed by atoms with van der Waals surface area (Å²) in [5.41, 5.74) is 8.80. The topological polar surface area (TPSA) is 0 Å². The van der Waals surface area contributed by atoms with Crippen LogP contribution in [-0.2, 0) is 5.41 Å². The minimum Gasteiger partial charge on any atom is -0.0617 e. The molecule has 1 aliphatic rings. The van der Waals surface area contributed by atoms with Gasteiger partial charge in [-0.25, -0.2) is 0 Å². The molecule has 0 bridgehead atoms. The second-order valence-corrected chi connectivity index (χ2v) is 5.62. The van der Waals surface area contributed by atoms with Crippen LogP contribution in [0.4, 0.5) is 0 Å². The van der Waals surface area contributed by atoms with Gasteiger partial charge < -0.3 is 0 Å². The third-order valence-electron chi connectivity index (χ3n) is 4.11. The zero-order valence-corrected chi connectivity index (χ0v) is 11.0. The maximum Gasteiger partial charge on any atom is 0.0161 e. The summed E-state index contributed by atoms with van der Waals surface area (Å²) in [6, 6.07) is 13.3. The zero-order valence-electron chi connectivity index (χ0n) is 11.0. The monoisotopic (exact) mass is 222 g/mol. The van der Waals surface area contributed by atoms with Crippen LogP contribution < -0.4 is 0 Å². The normalized spacial score (nSPS) is 15.5. The Morgan fingerprint density at radius 1 is 0.824 bits per heavy atom. The third-order valence-corrected chi connectivity index (χ3v) is 4.11. The molecule has 0 heteroatoms. The fraction of sp³-hybridized carbons (Fsp3) is 0.294. The summed E-state index contributed by atoms with van der Waals surface area (Å²) in [7, 11) is 0. The quantitative estimate of drug-likeness (QED) is 0.610. The molecule has 3 rings (SSSR count). The first kappa shape index (κ1) is 10.6. The summed E-state index contributed by atoms with van der Waals surface area (Å²) < 4.78 is 0. The van der Waals surface area contributed by atoms with Crippen molar-refractivity contribution >= 4 is 0 Å². The van der Waals surface area contributed by atoms with E-state index < -0.39 is 0 Å². The predicted octanol–water partition coefficient (Wildman–Crippen LogP) is 4.61. The summed E-state index contributed by atoms with van der Waals surface area (Å²) >= 11 is 0. The van der Waals surface area contributed by atoms with Crippen LogP contribution in [0.1, 0.15) is 36.1 Å². The number of benzene rings is 2. The second-order valence-electron chi connectivity index (χ2n) is 5.62. The van der Waals surface area contributed by atoms with Gasteiger partial charge in [-0.3, -0.25) is 0 Å². The van der Waals surface area contributed by atoms with Crippen LogP contribution in [0.3, 0.4) is 0 Å². The smallest absolute Gasteiger partial charge is 0.0161 e. The lowest BCUT2D eigenvalue weighted by Gasteiger charge is -2.23. The molecule has 0 aliphatic heterocycles. The number of hydrogen-bond donors (Lipinski definition) is 0. The summed E-state index contributed by atoms with van der Waals surface area (Å²) in [5, 5.41) is 0. The lowest BCUT2D eigenvalue weighted by molar-refractivity contribution is 0.655. The van der Waals surface area contributed by atoms with E-state index in [4.69, 9.17) is 0 Å². The number of aryl methyl sites for hydroxylation is 2. The van der Waals surface area contributed by atoms with Crippen LogP contribution in [0.2, 0.25) is 0 Å². The van der Waals surface area contributed by atoms with Crippen LogP contribution in [0, 0.1) is 13.8 Å². The number of hydrogen-bond acceptors (Lipinski definition) is 0. The lowest BCUT2D eigenvalue weighted by Crippen LogP contribution is -2.16. The standard InChI is InChI=1S/C17H18/c1-11-7-6-10-14-15(11)13-9-5-8-12(2)16(13)17(14,3)4/h5-10H,1-4H3. The van der Waals surface area contributed by atoms with Gasteiger partial charge in [0.15, 0.2) is 0 Å². The number of rotatable bonds is 0. The highest BCUT2D eigenvalue weighted by molar-refractivity contribution is 5.83. The SMILES string of the molecule is Cc1cccc2c1-c1cccc(C)c1C2(C)C. The Kier molecular flexibility index (Phi) is 2.01.